The highest BCUT2D eigenvalue weighted by Crippen LogP contribution is 2.25. The molecule has 0 bridgehead atoms. The monoisotopic (exact) mass is 310 g/mol. The topological polar surface area (TPSA) is 17.8 Å². The molecule has 86 valence electrons. The summed E-state index contributed by atoms with van der Waals surface area (Å²) in [6, 6.07) is 0. The Morgan fingerprint density at radius 3 is 2.73 bits per heavy atom. The van der Waals surface area contributed by atoms with Crippen LogP contribution in [0.3, 0.4) is 0 Å². The largest absolute Gasteiger partial charge is 0.270 e. The van der Waals surface area contributed by atoms with Gasteiger partial charge in [0.15, 0.2) is 0 Å². The molecule has 0 N–H and O–H groups in total. The number of halogens is 2. The molecule has 0 aromatic carbocycles. The molecular weight excluding hydrogens is 296 g/mol. The van der Waals surface area contributed by atoms with Crippen molar-refractivity contribution < 1.29 is 0 Å². The third-order valence-electron chi connectivity index (χ3n) is 2.17. The first-order chi connectivity index (χ1) is 7.06. The van der Waals surface area contributed by atoms with Crippen LogP contribution in [0.2, 0.25) is 0 Å². The summed E-state index contributed by atoms with van der Waals surface area (Å²) in [5.74, 6) is 3.39. The Hall–Kier alpha value is 0.330. The lowest BCUT2D eigenvalue weighted by Crippen LogP contribution is -2.02. The molecule has 0 amide bonds. The summed E-state index contributed by atoms with van der Waals surface area (Å²) in [7, 11) is 1.98. The molecule has 0 spiro atoms. The smallest absolute Gasteiger partial charge is 0.0738 e. The molecule has 0 saturated heterocycles. The van der Waals surface area contributed by atoms with Gasteiger partial charge in [-0.15, -0.1) is 11.6 Å². The highest BCUT2D eigenvalue weighted by atomic mass is 79.9. The molecule has 0 saturated carbocycles. The summed E-state index contributed by atoms with van der Waals surface area (Å²) in [6.45, 7) is 4.18. The van der Waals surface area contributed by atoms with Crippen molar-refractivity contribution in [2.75, 3.05) is 11.6 Å². The van der Waals surface area contributed by atoms with Crippen LogP contribution in [0.4, 0.5) is 0 Å². The minimum Gasteiger partial charge on any atom is -0.270 e. The first-order valence-corrected chi connectivity index (χ1v) is 7.36. The van der Waals surface area contributed by atoms with Gasteiger partial charge in [-0.05, 0) is 34.5 Å². The summed E-state index contributed by atoms with van der Waals surface area (Å²) >= 11 is 11.2. The van der Waals surface area contributed by atoms with Crippen LogP contribution in [0.5, 0.6) is 0 Å². The lowest BCUT2D eigenvalue weighted by atomic mass is 10.3. The van der Waals surface area contributed by atoms with Crippen molar-refractivity contribution in [2.45, 2.75) is 19.6 Å². The van der Waals surface area contributed by atoms with E-state index in [1.54, 1.807) is 0 Å². The van der Waals surface area contributed by atoms with Gasteiger partial charge < -0.3 is 0 Å². The highest BCUT2D eigenvalue weighted by Gasteiger charge is 2.10. The number of nitrogens with zero attached hydrogens (tertiary/aromatic N) is 2. The van der Waals surface area contributed by atoms with Gasteiger partial charge in [-0.25, -0.2) is 0 Å². The van der Waals surface area contributed by atoms with E-state index < -0.39 is 0 Å². The van der Waals surface area contributed by atoms with Gasteiger partial charge in [0.1, 0.15) is 0 Å². The maximum atomic E-state index is 5.76. The molecule has 5 heteroatoms. The number of aromatic nitrogens is 2. The van der Waals surface area contributed by atoms with Gasteiger partial charge in [0.25, 0.3) is 0 Å². The summed E-state index contributed by atoms with van der Waals surface area (Å²) in [5, 5.41) is 4.36. The van der Waals surface area contributed by atoms with E-state index in [-0.39, 0.29) is 0 Å². The molecule has 1 aromatic heterocycles. The SMILES string of the molecule is Cc1nn(C)c(CSCC(C)CCl)c1Br. The molecule has 1 rings (SSSR count). The summed E-state index contributed by atoms with van der Waals surface area (Å²) in [6.07, 6.45) is 0. The van der Waals surface area contributed by atoms with E-state index in [1.807, 2.05) is 30.4 Å². The first kappa shape index (κ1) is 13.4. The number of aryl methyl sites for hydroxylation is 2. The molecule has 2 nitrogen and oxygen atoms in total. The van der Waals surface area contributed by atoms with Gasteiger partial charge in [-0.2, -0.15) is 16.9 Å². The highest BCUT2D eigenvalue weighted by molar-refractivity contribution is 9.10. The molecule has 0 aliphatic carbocycles. The Labute approximate surface area is 109 Å². The zero-order chi connectivity index (χ0) is 11.4. The van der Waals surface area contributed by atoms with E-state index in [9.17, 15) is 0 Å². The zero-order valence-electron chi connectivity index (χ0n) is 9.26. The number of thioether (sulfide) groups is 1. The van der Waals surface area contributed by atoms with Crippen molar-refractivity contribution in [3.63, 3.8) is 0 Å². The molecule has 0 fully saturated rings. The zero-order valence-corrected chi connectivity index (χ0v) is 12.4. The molecule has 1 atom stereocenters. The van der Waals surface area contributed by atoms with Crippen molar-refractivity contribution in [1.29, 1.82) is 0 Å². The maximum absolute atomic E-state index is 5.76. The quantitative estimate of drug-likeness (QED) is 0.773. The summed E-state index contributed by atoms with van der Waals surface area (Å²) < 4.78 is 3.08. The predicted octanol–water partition coefficient (Wildman–Crippen LogP) is 3.60. The second-order valence-electron chi connectivity index (χ2n) is 3.74. The number of hydrogen-bond acceptors (Lipinski definition) is 2. The van der Waals surface area contributed by atoms with Crippen LogP contribution in [0.1, 0.15) is 18.3 Å². The van der Waals surface area contributed by atoms with Crippen molar-refractivity contribution in [3.05, 3.63) is 15.9 Å². The van der Waals surface area contributed by atoms with Crippen LogP contribution in [0, 0.1) is 12.8 Å². The Kier molecular flexibility index (Phi) is 5.50. The fourth-order valence-electron chi connectivity index (χ4n) is 1.24. The van der Waals surface area contributed by atoms with E-state index in [4.69, 9.17) is 11.6 Å². The number of alkyl halides is 1. The fraction of sp³-hybridized carbons (Fsp3) is 0.700. The molecule has 0 aliphatic heterocycles. The van der Waals surface area contributed by atoms with E-state index in [0.717, 1.165) is 27.6 Å². The molecule has 1 unspecified atom stereocenters. The average Bonchev–Trinajstić information content (AvgIpc) is 2.44. The van der Waals surface area contributed by atoms with Gasteiger partial charge in [0.2, 0.25) is 0 Å². The number of rotatable bonds is 5. The van der Waals surface area contributed by atoms with Crippen LogP contribution in [-0.4, -0.2) is 21.4 Å². The van der Waals surface area contributed by atoms with Crippen molar-refractivity contribution in [1.82, 2.24) is 9.78 Å². The van der Waals surface area contributed by atoms with E-state index in [0.29, 0.717) is 5.92 Å². The van der Waals surface area contributed by atoms with Gasteiger partial charge >= 0.3 is 0 Å². The second kappa shape index (κ2) is 6.16. The third kappa shape index (κ3) is 3.68. The van der Waals surface area contributed by atoms with E-state index in [2.05, 4.69) is 28.0 Å². The van der Waals surface area contributed by atoms with Crippen LogP contribution in [0.25, 0.3) is 0 Å². The van der Waals surface area contributed by atoms with Gasteiger partial charge in [-0.1, -0.05) is 6.92 Å². The van der Waals surface area contributed by atoms with Gasteiger partial charge in [-0.3, -0.25) is 4.68 Å². The minimum absolute atomic E-state index is 0.574. The Bertz CT molecular complexity index is 327. The molecule has 1 heterocycles. The van der Waals surface area contributed by atoms with Crippen molar-refractivity contribution >= 4 is 39.3 Å². The Balaban J connectivity index is 2.50. The molecular formula is C10H16BrClN2S. The van der Waals surface area contributed by atoms with Crippen LogP contribution >= 0.6 is 39.3 Å². The van der Waals surface area contributed by atoms with Crippen LogP contribution in [-0.2, 0) is 12.8 Å². The van der Waals surface area contributed by atoms with Crippen LogP contribution in [0.15, 0.2) is 4.47 Å². The molecule has 0 radical (unpaired) electrons. The van der Waals surface area contributed by atoms with Crippen molar-refractivity contribution in [2.24, 2.45) is 13.0 Å². The molecule has 15 heavy (non-hydrogen) atoms. The lowest BCUT2D eigenvalue weighted by Gasteiger charge is -2.07. The predicted molar refractivity (Wildman–Crippen MR) is 71.7 cm³/mol. The minimum atomic E-state index is 0.574. The summed E-state index contributed by atoms with van der Waals surface area (Å²) in [4.78, 5) is 0. The maximum Gasteiger partial charge on any atom is 0.0738 e. The molecule has 1 aromatic rings. The normalized spacial score (nSPS) is 13.1. The Morgan fingerprint density at radius 2 is 2.27 bits per heavy atom. The molecule has 0 aliphatic rings. The second-order valence-corrected chi connectivity index (χ2v) is 5.88. The average molecular weight is 312 g/mol. The van der Waals surface area contributed by atoms with Crippen molar-refractivity contribution in [3.8, 4) is 0 Å². The van der Waals surface area contributed by atoms with Gasteiger partial charge in [0, 0.05) is 18.7 Å². The standard InChI is InChI=1S/C10H16BrClN2S/c1-7(4-12)5-15-6-9-10(11)8(2)13-14(9)3/h7H,4-6H2,1-3H3. The first-order valence-electron chi connectivity index (χ1n) is 4.88. The summed E-state index contributed by atoms with van der Waals surface area (Å²) in [5.41, 5.74) is 2.30. The van der Waals surface area contributed by atoms with E-state index >= 15 is 0 Å². The van der Waals surface area contributed by atoms with E-state index in [1.165, 1.54) is 5.69 Å². The third-order valence-corrected chi connectivity index (χ3v) is 5.01. The number of hydrogen-bond donors (Lipinski definition) is 0. The van der Waals surface area contributed by atoms with Gasteiger partial charge in [0.05, 0.1) is 15.9 Å². The van der Waals surface area contributed by atoms with Crippen LogP contribution < -0.4 is 0 Å². The fourth-order valence-corrected chi connectivity index (χ4v) is 3.30. The lowest BCUT2D eigenvalue weighted by molar-refractivity contribution is 0.724. The Morgan fingerprint density at radius 1 is 1.60 bits per heavy atom.